The second kappa shape index (κ2) is 11.5. The lowest BCUT2D eigenvalue weighted by Crippen LogP contribution is -2.55. The molecule has 3 amide bonds. The summed E-state index contributed by atoms with van der Waals surface area (Å²) >= 11 is 6.48. The number of likely N-dealkylation sites (tertiary alicyclic amines) is 1. The number of piperidine rings is 1. The van der Waals surface area contributed by atoms with Gasteiger partial charge in [0.15, 0.2) is 0 Å². The summed E-state index contributed by atoms with van der Waals surface area (Å²) < 4.78 is 62.6. The molecule has 43 heavy (non-hydrogen) atoms. The van der Waals surface area contributed by atoms with E-state index in [9.17, 15) is 27.6 Å². The summed E-state index contributed by atoms with van der Waals surface area (Å²) in [7, 11) is 0. The molecule has 228 valence electrons. The van der Waals surface area contributed by atoms with Crippen molar-refractivity contribution in [2.45, 2.75) is 57.7 Å². The molecule has 2 aromatic carbocycles. The first-order valence-corrected chi connectivity index (χ1v) is 14.5. The molecule has 2 aliphatic rings. The largest absolute Gasteiger partial charge is 0.444 e. The van der Waals surface area contributed by atoms with Crippen LogP contribution >= 0.6 is 23.4 Å². The number of carbonyl (C=O) groups is 3. The molecule has 3 aromatic rings. The van der Waals surface area contributed by atoms with E-state index in [1.54, 1.807) is 39.0 Å². The Morgan fingerprint density at radius 1 is 1.16 bits per heavy atom. The fourth-order valence-corrected chi connectivity index (χ4v) is 6.08. The van der Waals surface area contributed by atoms with Crippen molar-refractivity contribution >= 4 is 57.6 Å². The molecule has 1 aromatic heterocycles. The molecule has 0 saturated carbocycles. The van der Waals surface area contributed by atoms with Crippen molar-refractivity contribution in [1.82, 2.24) is 19.6 Å². The molecule has 3 heterocycles. The van der Waals surface area contributed by atoms with Crippen LogP contribution in [0.1, 0.15) is 43.9 Å². The molecular weight excluding hydrogens is 612 g/mol. The van der Waals surface area contributed by atoms with Crippen molar-refractivity contribution in [1.29, 1.82) is 0 Å². The summed E-state index contributed by atoms with van der Waals surface area (Å²) in [6.45, 7) is 4.79. The third-order valence-electron chi connectivity index (χ3n) is 6.98. The first-order chi connectivity index (χ1) is 20.1. The van der Waals surface area contributed by atoms with Gasteiger partial charge in [0.05, 0.1) is 41.3 Å². The molecule has 0 spiro atoms. The minimum Gasteiger partial charge on any atom is -0.444 e. The van der Waals surface area contributed by atoms with Crippen LogP contribution in [-0.4, -0.2) is 67.7 Å². The van der Waals surface area contributed by atoms with E-state index in [0.717, 1.165) is 11.0 Å². The third-order valence-corrected chi connectivity index (χ3v) is 8.09. The highest BCUT2D eigenvalue weighted by atomic mass is 35.5. The van der Waals surface area contributed by atoms with Crippen LogP contribution in [0, 0.1) is 0 Å². The fraction of sp³-hybridized carbons (Fsp3) is 0.379. The van der Waals surface area contributed by atoms with Crippen molar-refractivity contribution < 1.29 is 36.7 Å². The SMILES string of the molecule is CC(C)(C)OC(=O)N1CCC(N2C(=O)S/C(=C\c3ccc4c(cnn4Cc4ccc(Cl)cc4C(F)(F)F)c3)C2=O)C(F)C1. The zero-order chi connectivity index (χ0) is 31.3. The van der Waals surface area contributed by atoms with Crippen molar-refractivity contribution in [3.8, 4) is 0 Å². The summed E-state index contributed by atoms with van der Waals surface area (Å²) in [5, 5.41) is 4.21. The van der Waals surface area contributed by atoms with Crippen LogP contribution in [0.15, 0.2) is 47.5 Å². The molecule has 2 saturated heterocycles. The number of benzene rings is 2. The number of fused-ring (bicyclic) bond motifs is 1. The smallest absolute Gasteiger partial charge is 0.416 e. The van der Waals surface area contributed by atoms with Crippen molar-refractivity contribution in [2.75, 3.05) is 13.1 Å². The second-order valence-electron chi connectivity index (χ2n) is 11.3. The summed E-state index contributed by atoms with van der Waals surface area (Å²) in [4.78, 5) is 40.6. The van der Waals surface area contributed by atoms with Gasteiger partial charge in [-0.3, -0.25) is 19.2 Å². The molecule has 5 rings (SSSR count). The third kappa shape index (κ3) is 6.67. The van der Waals surface area contributed by atoms with Gasteiger partial charge in [-0.15, -0.1) is 0 Å². The number of hydrogen-bond acceptors (Lipinski definition) is 6. The fourth-order valence-electron chi connectivity index (χ4n) is 5.03. The van der Waals surface area contributed by atoms with Gasteiger partial charge >= 0.3 is 12.3 Å². The van der Waals surface area contributed by atoms with E-state index < -0.39 is 46.8 Å². The molecule has 2 fully saturated rings. The summed E-state index contributed by atoms with van der Waals surface area (Å²) in [6, 6.07) is 7.56. The van der Waals surface area contributed by atoms with Gasteiger partial charge in [0.2, 0.25) is 0 Å². The van der Waals surface area contributed by atoms with Gasteiger partial charge in [-0.2, -0.15) is 18.3 Å². The van der Waals surface area contributed by atoms with Crippen LogP contribution in [0.4, 0.5) is 27.2 Å². The number of carbonyl (C=O) groups excluding carboxylic acids is 3. The molecule has 0 bridgehead atoms. The van der Waals surface area contributed by atoms with Crippen LogP contribution in [0.5, 0.6) is 0 Å². The number of rotatable bonds is 4. The number of alkyl halides is 4. The monoisotopic (exact) mass is 638 g/mol. The Bertz CT molecular complexity index is 1630. The summed E-state index contributed by atoms with van der Waals surface area (Å²) in [5.41, 5.74) is -0.474. The van der Waals surface area contributed by atoms with E-state index >= 15 is 4.39 Å². The number of hydrogen-bond donors (Lipinski definition) is 0. The normalized spacial score (nSPS) is 20.9. The first-order valence-electron chi connectivity index (χ1n) is 13.3. The van der Waals surface area contributed by atoms with Gasteiger partial charge in [0.1, 0.15) is 11.8 Å². The average Bonchev–Trinajstić information content (AvgIpc) is 3.42. The number of imide groups is 1. The van der Waals surface area contributed by atoms with Gasteiger partial charge < -0.3 is 9.64 Å². The molecule has 8 nitrogen and oxygen atoms in total. The number of nitrogens with zero attached hydrogens (tertiary/aromatic N) is 4. The van der Waals surface area contributed by atoms with Gasteiger partial charge in [-0.25, -0.2) is 9.18 Å². The Morgan fingerprint density at radius 2 is 1.91 bits per heavy atom. The summed E-state index contributed by atoms with van der Waals surface area (Å²) in [6.07, 6.45) is -3.82. The molecule has 2 aliphatic heterocycles. The number of aromatic nitrogens is 2. The number of thioether (sulfide) groups is 1. The second-order valence-corrected chi connectivity index (χ2v) is 12.7. The molecule has 14 heteroatoms. The van der Waals surface area contributed by atoms with Gasteiger partial charge in [-0.05, 0) is 80.4 Å². The van der Waals surface area contributed by atoms with Crippen LogP contribution < -0.4 is 0 Å². The summed E-state index contributed by atoms with van der Waals surface area (Å²) in [5.74, 6) is -0.633. The first kappa shape index (κ1) is 30.9. The Hall–Kier alpha value is -3.58. The van der Waals surface area contributed by atoms with Gasteiger partial charge in [-0.1, -0.05) is 23.7 Å². The lowest BCUT2D eigenvalue weighted by molar-refractivity contribution is -0.138. The number of ether oxygens (including phenoxy) is 1. The molecule has 2 atom stereocenters. The van der Waals surface area contributed by atoms with Gasteiger partial charge in [0.25, 0.3) is 11.1 Å². The van der Waals surface area contributed by atoms with Crippen LogP contribution in [0.2, 0.25) is 5.02 Å². The number of halogens is 5. The lowest BCUT2D eigenvalue weighted by atomic mass is 10.0. The Kier molecular flexibility index (Phi) is 8.25. The number of amides is 3. The van der Waals surface area contributed by atoms with Crippen LogP contribution in [0.3, 0.4) is 0 Å². The highest BCUT2D eigenvalue weighted by Crippen LogP contribution is 2.37. The molecule has 0 N–H and O–H groups in total. The minimum atomic E-state index is -4.59. The maximum Gasteiger partial charge on any atom is 0.416 e. The van der Waals surface area contributed by atoms with E-state index in [0.29, 0.717) is 28.2 Å². The Balaban J connectivity index is 1.31. The molecule has 0 radical (unpaired) electrons. The van der Waals surface area contributed by atoms with E-state index in [4.69, 9.17) is 16.3 Å². The van der Waals surface area contributed by atoms with Crippen LogP contribution in [-0.2, 0) is 22.3 Å². The zero-order valence-corrected chi connectivity index (χ0v) is 24.9. The predicted octanol–water partition coefficient (Wildman–Crippen LogP) is 7.14. The standard InChI is InChI=1S/C29H27ClF4N4O4S/c1-28(2,3)42-26(40)36-9-8-23(21(31)15-36)38-25(39)24(43-27(38)41)11-16-4-7-22-18(10-16)13-35-37(22)14-17-5-6-19(30)12-20(17)29(32,33)34/h4-7,10-13,21,23H,8-9,14-15H2,1-3H3/b24-11-. The van der Waals surface area contributed by atoms with Crippen LogP contribution in [0.25, 0.3) is 17.0 Å². The Labute approximate surface area is 253 Å². The Morgan fingerprint density at radius 3 is 2.58 bits per heavy atom. The highest BCUT2D eigenvalue weighted by molar-refractivity contribution is 8.18. The zero-order valence-electron chi connectivity index (χ0n) is 23.3. The molecular formula is C29H27ClF4N4O4S. The van der Waals surface area contributed by atoms with E-state index in [1.807, 2.05) is 0 Å². The maximum atomic E-state index is 15.2. The maximum absolute atomic E-state index is 15.2. The van der Waals surface area contributed by atoms with Gasteiger partial charge in [0, 0.05) is 17.0 Å². The van der Waals surface area contributed by atoms with Crippen molar-refractivity contribution in [3.63, 3.8) is 0 Å². The van der Waals surface area contributed by atoms with E-state index in [-0.39, 0.29) is 41.5 Å². The predicted molar refractivity (Wildman–Crippen MR) is 154 cm³/mol. The lowest BCUT2D eigenvalue weighted by Gasteiger charge is -2.38. The highest BCUT2D eigenvalue weighted by Gasteiger charge is 2.46. The van der Waals surface area contributed by atoms with Crippen molar-refractivity contribution in [2.24, 2.45) is 0 Å². The van der Waals surface area contributed by atoms with Crippen molar-refractivity contribution in [3.05, 3.63) is 69.2 Å². The topological polar surface area (TPSA) is 84.7 Å². The van der Waals surface area contributed by atoms with E-state index in [2.05, 4.69) is 5.10 Å². The molecule has 2 unspecified atom stereocenters. The quantitative estimate of drug-likeness (QED) is 0.223. The minimum absolute atomic E-state index is 0.00254. The average molecular weight is 639 g/mol. The molecule has 0 aliphatic carbocycles. The van der Waals surface area contributed by atoms with E-state index in [1.165, 1.54) is 34.0 Å².